The zero-order valence-electron chi connectivity index (χ0n) is 14.7. The van der Waals surface area contributed by atoms with Crippen LogP contribution in [0.5, 0.6) is 11.5 Å². The van der Waals surface area contributed by atoms with Crippen molar-refractivity contribution in [3.63, 3.8) is 0 Å². The average molecular weight is 360 g/mol. The van der Waals surface area contributed by atoms with Crippen molar-refractivity contribution in [2.45, 2.75) is 0 Å². The van der Waals surface area contributed by atoms with Crippen molar-refractivity contribution < 1.29 is 19.4 Å². The predicted octanol–water partition coefficient (Wildman–Crippen LogP) is 4.91. The van der Waals surface area contributed by atoms with Crippen LogP contribution in [-0.4, -0.2) is 24.3 Å². The number of carboxylic acid groups (broad SMARTS) is 1. The first-order valence-electron chi connectivity index (χ1n) is 8.63. The number of carbonyl (C=O) groups is 1. The van der Waals surface area contributed by atoms with Crippen molar-refractivity contribution in [1.29, 1.82) is 0 Å². The lowest BCUT2D eigenvalue weighted by atomic mass is 10.1. The van der Waals surface area contributed by atoms with Crippen LogP contribution < -0.4 is 9.47 Å². The molecule has 0 bridgehead atoms. The van der Waals surface area contributed by atoms with Gasteiger partial charge >= 0.3 is 5.97 Å². The number of rotatable bonds is 8. The minimum absolute atomic E-state index is 0.384. The number of aliphatic carboxylic acids is 1. The first kappa shape index (κ1) is 18.3. The maximum absolute atomic E-state index is 10.6. The molecule has 4 heteroatoms. The topological polar surface area (TPSA) is 55.8 Å². The molecule has 4 nitrogen and oxygen atoms in total. The van der Waals surface area contributed by atoms with Gasteiger partial charge in [-0.25, -0.2) is 4.79 Å². The zero-order valence-corrected chi connectivity index (χ0v) is 14.7. The predicted molar refractivity (Wildman–Crippen MR) is 106 cm³/mol. The lowest BCUT2D eigenvalue weighted by Gasteiger charge is -2.12. The molecule has 136 valence electrons. The van der Waals surface area contributed by atoms with Gasteiger partial charge in [-0.1, -0.05) is 60.7 Å². The van der Waals surface area contributed by atoms with E-state index in [2.05, 4.69) is 12.1 Å². The van der Waals surface area contributed by atoms with Crippen LogP contribution in [0.4, 0.5) is 0 Å². The summed E-state index contributed by atoms with van der Waals surface area (Å²) in [5.41, 5.74) is 2.91. The van der Waals surface area contributed by atoms with Crippen LogP contribution in [0.1, 0.15) is 5.56 Å². The normalized spacial score (nSPS) is 10.7. The quantitative estimate of drug-likeness (QED) is 0.458. The van der Waals surface area contributed by atoms with Crippen LogP contribution in [0.2, 0.25) is 0 Å². The molecule has 1 N–H and O–H groups in total. The van der Waals surface area contributed by atoms with Gasteiger partial charge in [0.05, 0.1) is 0 Å². The second-order valence-corrected chi connectivity index (χ2v) is 5.80. The van der Waals surface area contributed by atoms with Gasteiger partial charge in [0, 0.05) is 11.6 Å². The van der Waals surface area contributed by atoms with Gasteiger partial charge in [0.2, 0.25) is 0 Å². The summed E-state index contributed by atoms with van der Waals surface area (Å²) < 4.78 is 11.6. The Balaban J connectivity index is 1.57. The van der Waals surface area contributed by atoms with Crippen LogP contribution >= 0.6 is 0 Å². The largest absolute Gasteiger partial charge is 0.490 e. The van der Waals surface area contributed by atoms with Crippen molar-refractivity contribution >= 4 is 12.0 Å². The van der Waals surface area contributed by atoms with E-state index in [1.807, 2.05) is 60.7 Å². The molecule has 0 heterocycles. The summed E-state index contributed by atoms with van der Waals surface area (Å²) in [6, 6.07) is 25.3. The number of para-hydroxylation sites is 1. The number of carboxylic acids is 1. The van der Waals surface area contributed by atoms with E-state index < -0.39 is 5.97 Å². The van der Waals surface area contributed by atoms with E-state index in [4.69, 9.17) is 14.6 Å². The maximum Gasteiger partial charge on any atom is 0.328 e. The van der Waals surface area contributed by atoms with Crippen LogP contribution in [-0.2, 0) is 4.79 Å². The third-order valence-corrected chi connectivity index (χ3v) is 3.86. The number of benzene rings is 3. The Morgan fingerprint density at radius 1 is 0.852 bits per heavy atom. The Morgan fingerprint density at radius 3 is 2.41 bits per heavy atom. The Kier molecular flexibility index (Phi) is 6.26. The Morgan fingerprint density at radius 2 is 1.59 bits per heavy atom. The third-order valence-electron chi connectivity index (χ3n) is 3.86. The van der Waals surface area contributed by atoms with E-state index >= 15 is 0 Å². The van der Waals surface area contributed by atoms with Gasteiger partial charge in [0.1, 0.15) is 24.7 Å². The molecule has 0 saturated heterocycles. The first-order valence-corrected chi connectivity index (χ1v) is 8.63. The SMILES string of the molecule is O=C(O)C=Cc1cccc(OCCOc2ccccc2-c2ccccc2)c1. The van der Waals surface area contributed by atoms with E-state index in [1.165, 1.54) is 6.08 Å². The van der Waals surface area contributed by atoms with Crippen LogP contribution in [0.15, 0.2) is 84.9 Å². The van der Waals surface area contributed by atoms with E-state index in [0.29, 0.717) is 19.0 Å². The summed E-state index contributed by atoms with van der Waals surface area (Å²) >= 11 is 0. The van der Waals surface area contributed by atoms with E-state index in [1.54, 1.807) is 6.07 Å². The second-order valence-electron chi connectivity index (χ2n) is 5.80. The monoisotopic (exact) mass is 360 g/mol. The molecule has 0 unspecified atom stereocenters. The summed E-state index contributed by atoms with van der Waals surface area (Å²) in [4.78, 5) is 10.6. The molecule has 0 aromatic heterocycles. The molecular weight excluding hydrogens is 340 g/mol. The van der Waals surface area contributed by atoms with E-state index in [0.717, 1.165) is 28.5 Å². The summed E-state index contributed by atoms with van der Waals surface area (Å²) in [6.45, 7) is 0.786. The van der Waals surface area contributed by atoms with Crippen molar-refractivity contribution in [2.24, 2.45) is 0 Å². The van der Waals surface area contributed by atoms with Crippen molar-refractivity contribution in [2.75, 3.05) is 13.2 Å². The number of hydrogen-bond donors (Lipinski definition) is 1. The molecule has 0 amide bonds. The second kappa shape index (κ2) is 9.25. The number of ether oxygens (including phenoxy) is 2. The Labute approximate surface area is 158 Å². The molecule has 0 saturated carbocycles. The van der Waals surface area contributed by atoms with Crippen molar-refractivity contribution in [3.05, 3.63) is 90.5 Å². The molecule has 0 spiro atoms. The molecule has 0 atom stereocenters. The molecule has 0 fully saturated rings. The van der Waals surface area contributed by atoms with Gasteiger partial charge in [-0.15, -0.1) is 0 Å². The minimum Gasteiger partial charge on any atom is -0.490 e. The maximum atomic E-state index is 10.6. The summed E-state index contributed by atoms with van der Waals surface area (Å²) in [5, 5.41) is 8.70. The highest BCUT2D eigenvalue weighted by Gasteiger charge is 2.05. The molecule has 0 aliphatic carbocycles. The molecular formula is C23H20O4. The molecule has 0 radical (unpaired) electrons. The van der Waals surface area contributed by atoms with Gasteiger partial charge in [-0.3, -0.25) is 0 Å². The van der Waals surface area contributed by atoms with Crippen LogP contribution in [0.3, 0.4) is 0 Å². The van der Waals surface area contributed by atoms with Crippen molar-refractivity contribution in [1.82, 2.24) is 0 Å². The molecule has 0 aliphatic rings. The summed E-state index contributed by atoms with van der Waals surface area (Å²) in [5.74, 6) is 0.500. The summed E-state index contributed by atoms with van der Waals surface area (Å²) in [6.07, 6.45) is 2.63. The van der Waals surface area contributed by atoms with Crippen LogP contribution in [0.25, 0.3) is 17.2 Å². The van der Waals surface area contributed by atoms with E-state index in [9.17, 15) is 4.79 Å². The molecule has 3 aromatic rings. The van der Waals surface area contributed by atoms with Gasteiger partial charge < -0.3 is 14.6 Å². The van der Waals surface area contributed by atoms with Crippen molar-refractivity contribution in [3.8, 4) is 22.6 Å². The fourth-order valence-electron chi connectivity index (χ4n) is 2.64. The average Bonchev–Trinajstić information content (AvgIpc) is 2.71. The fraction of sp³-hybridized carbons (Fsp3) is 0.0870. The lowest BCUT2D eigenvalue weighted by Crippen LogP contribution is -2.09. The lowest BCUT2D eigenvalue weighted by molar-refractivity contribution is -0.131. The molecule has 3 rings (SSSR count). The first-order chi connectivity index (χ1) is 13.2. The highest BCUT2D eigenvalue weighted by atomic mass is 16.5. The van der Waals surface area contributed by atoms with Gasteiger partial charge in [0.25, 0.3) is 0 Å². The van der Waals surface area contributed by atoms with Crippen LogP contribution in [0, 0.1) is 0 Å². The Hall–Kier alpha value is -3.53. The van der Waals surface area contributed by atoms with Gasteiger partial charge in [-0.2, -0.15) is 0 Å². The molecule has 3 aromatic carbocycles. The molecule has 0 aliphatic heterocycles. The summed E-state index contributed by atoms with van der Waals surface area (Å²) in [7, 11) is 0. The van der Waals surface area contributed by atoms with Gasteiger partial charge in [-0.05, 0) is 35.4 Å². The standard InChI is InChI=1S/C23H20O4/c24-23(25)14-13-18-7-6-10-20(17-18)26-15-16-27-22-12-5-4-11-21(22)19-8-2-1-3-9-19/h1-14,17H,15-16H2,(H,24,25). The highest BCUT2D eigenvalue weighted by Crippen LogP contribution is 2.29. The number of hydrogen-bond acceptors (Lipinski definition) is 3. The fourth-order valence-corrected chi connectivity index (χ4v) is 2.64. The zero-order chi connectivity index (χ0) is 18.9. The smallest absolute Gasteiger partial charge is 0.328 e. The van der Waals surface area contributed by atoms with Gasteiger partial charge in [0.15, 0.2) is 0 Å². The minimum atomic E-state index is -0.980. The Bertz CT molecular complexity index is 916. The van der Waals surface area contributed by atoms with E-state index in [-0.39, 0.29) is 0 Å². The highest BCUT2D eigenvalue weighted by molar-refractivity contribution is 5.85. The third kappa shape index (κ3) is 5.47. The molecule has 27 heavy (non-hydrogen) atoms.